The van der Waals surface area contributed by atoms with E-state index in [-0.39, 0.29) is 36.2 Å². The van der Waals surface area contributed by atoms with E-state index in [1.54, 1.807) is 6.92 Å². The van der Waals surface area contributed by atoms with Crippen LogP contribution in [0.15, 0.2) is 0 Å². The van der Waals surface area contributed by atoms with Crippen LogP contribution in [0.4, 0.5) is 0 Å². The fourth-order valence-corrected chi connectivity index (χ4v) is 2.62. The van der Waals surface area contributed by atoms with Crippen LogP contribution < -0.4 is 16.4 Å². The Morgan fingerprint density at radius 2 is 1.87 bits per heavy atom. The molecule has 1 heterocycles. The SMILES string of the molecule is CC(NC(=O)CNC(=O)[C@@H](N)C(C)C)C(=O)N1CCCCC1C. The lowest BCUT2D eigenvalue weighted by Gasteiger charge is -2.35. The van der Waals surface area contributed by atoms with Gasteiger partial charge in [0.1, 0.15) is 6.04 Å². The lowest BCUT2D eigenvalue weighted by atomic mass is 10.0. The molecule has 23 heavy (non-hydrogen) atoms. The summed E-state index contributed by atoms with van der Waals surface area (Å²) in [5.41, 5.74) is 5.70. The average molecular weight is 326 g/mol. The third kappa shape index (κ3) is 5.82. The Hall–Kier alpha value is -1.63. The zero-order chi connectivity index (χ0) is 17.6. The molecule has 0 aromatic carbocycles. The van der Waals surface area contributed by atoms with Crippen LogP contribution in [0.5, 0.6) is 0 Å². The lowest BCUT2D eigenvalue weighted by Crippen LogP contribution is -2.53. The van der Waals surface area contributed by atoms with Gasteiger partial charge in [0.15, 0.2) is 0 Å². The van der Waals surface area contributed by atoms with Crippen LogP contribution in [0.1, 0.15) is 47.0 Å². The minimum atomic E-state index is -0.643. The predicted octanol–water partition coefficient (Wildman–Crippen LogP) is -0.00840. The van der Waals surface area contributed by atoms with E-state index >= 15 is 0 Å². The molecule has 0 aromatic heterocycles. The molecule has 0 aliphatic carbocycles. The number of carbonyl (C=O) groups excluding carboxylic acids is 3. The van der Waals surface area contributed by atoms with Crippen molar-refractivity contribution in [2.75, 3.05) is 13.1 Å². The highest BCUT2D eigenvalue weighted by molar-refractivity contribution is 5.91. The van der Waals surface area contributed by atoms with Gasteiger partial charge in [-0.3, -0.25) is 14.4 Å². The van der Waals surface area contributed by atoms with Crippen LogP contribution in [0.25, 0.3) is 0 Å². The number of hydrogen-bond donors (Lipinski definition) is 3. The first kappa shape index (κ1) is 19.4. The molecule has 2 unspecified atom stereocenters. The number of likely N-dealkylation sites (tertiary alicyclic amines) is 1. The Morgan fingerprint density at radius 3 is 2.43 bits per heavy atom. The van der Waals surface area contributed by atoms with Gasteiger partial charge in [0.2, 0.25) is 17.7 Å². The Morgan fingerprint density at radius 1 is 1.22 bits per heavy atom. The van der Waals surface area contributed by atoms with Crippen LogP contribution in [-0.2, 0) is 14.4 Å². The zero-order valence-corrected chi connectivity index (χ0v) is 14.6. The molecule has 7 nitrogen and oxygen atoms in total. The average Bonchev–Trinajstić information content (AvgIpc) is 2.51. The molecule has 1 fully saturated rings. The summed E-state index contributed by atoms with van der Waals surface area (Å²) in [6.07, 6.45) is 3.13. The standard InChI is InChI=1S/C16H30N4O3/c1-10(2)14(17)15(22)18-9-13(21)19-12(4)16(23)20-8-6-5-7-11(20)3/h10-12,14H,5-9,17H2,1-4H3,(H,18,22)(H,19,21)/t11?,12?,14-/m0/s1. The monoisotopic (exact) mass is 326 g/mol. The second kappa shape index (κ2) is 8.86. The molecule has 1 saturated heterocycles. The Labute approximate surface area is 138 Å². The molecule has 1 aliphatic rings. The zero-order valence-electron chi connectivity index (χ0n) is 14.6. The van der Waals surface area contributed by atoms with Crippen LogP contribution >= 0.6 is 0 Å². The quantitative estimate of drug-likeness (QED) is 0.638. The predicted molar refractivity (Wildman–Crippen MR) is 88.5 cm³/mol. The largest absolute Gasteiger partial charge is 0.346 e. The van der Waals surface area contributed by atoms with Gasteiger partial charge >= 0.3 is 0 Å². The third-order valence-corrected chi connectivity index (χ3v) is 4.28. The van der Waals surface area contributed by atoms with Crippen molar-refractivity contribution in [1.82, 2.24) is 15.5 Å². The summed E-state index contributed by atoms with van der Waals surface area (Å²) in [5.74, 6) is -0.825. The maximum Gasteiger partial charge on any atom is 0.245 e. The van der Waals surface area contributed by atoms with Crippen molar-refractivity contribution < 1.29 is 14.4 Å². The van der Waals surface area contributed by atoms with Crippen molar-refractivity contribution in [3.8, 4) is 0 Å². The summed E-state index contributed by atoms with van der Waals surface area (Å²) in [6, 6.07) is -1.03. The van der Waals surface area contributed by atoms with Gasteiger partial charge in [-0.05, 0) is 39.0 Å². The van der Waals surface area contributed by atoms with Gasteiger partial charge in [-0.1, -0.05) is 13.8 Å². The number of rotatable bonds is 6. The maximum atomic E-state index is 12.4. The van der Waals surface area contributed by atoms with Crippen molar-refractivity contribution in [3.05, 3.63) is 0 Å². The molecule has 4 N–H and O–H groups in total. The first-order valence-corrected chi connectivity index (χ1v) is 8.37. The number of nitrogens with one attached hydrogen (secondary N) is 2. The Bertz CT molecular complexity index is 439. The number of amides is 3. The second-order valence-electron chi connectivity index (χ2n) is 6.65. The van der Waals surface area contributed by atoms with E-state index in [1.807, 2.05) is 25.7 Å². The molecule has 0 saturated carbocycles. The van der Waals surface area contributed by atoms with Crippen molar-refractivity contribution >= 4 is 17.7 Å². The van der Waals surface area contributed by atoms with E-state index in [0.717, 1.165) is 25.8 Å². The number of nitrogens with two attached hydrogens (primary N) is 1. The van der Waals surface area contributed by atoms with E-state index in [2.05, 4.69) is 10.6 Å². The van der Waals surface area contributed by atoms with E-state index in [9.17, 15) is 14.4 Å². The van der Waals surface area contributed by atoms with Gasteiger partial charge in [-0.15, -0.1) is 0 Å². The molecule has 0 bridgehead atoms. The summed E-state index contributed by atoms with van der Waals surface area (Å²) in [5, 5.41) is 5.13. The molecule has 1 aliphatic heterocycles. The molecular formula is C16H30N4O3. The normalized spacial score (nSPS) is 20.8. The van der Waals surface area contributed by atoms with Crippen LogP contribution in [-0.4, -0.2) is 53.8 Å². The minimum absolute atomic E-state index is 0.000785. The fraction of sp³-hybridized carbons (Fsp3) is 0.812. The molecule has 0 aromatic rings. The van der Waals surface area contributed by atoms with Crippen molar-refractivity contribution in [2.24, 2.45) is 11.7 Å². The highest BCUT2D eigenvalue weighted by Crippen LogP contribution is 2.17. The summed E-state index contributed by atoms with van der Waals surface area (Å²) in [4.78, 5) is 37.8. The third-order valence-electron chi connectivity index (χ3n) is 4.28. The van der Waals surface area contributed by atoms with E-state index in [4.69, 9.17) is 5.73 Å². The Balaban J connectivity index is 2.41. The molecule has 3 amide bonds. The van der Waals surface area contributed by atoms with Crippen molar-refractivity contribution in [2.45, 2.75) is 65.1 Å². The lowest BCUT2D eigenvalue weighted by molar-refractivity contribution is -0.138. The first-order chi connectivity index (χ1) is 10.7. The first-order valence-electron chi connectivity index (χ1n) is 8.37. The van der Waals surface area contributed by atoms with Crippen molar-refractivity contribution in [3.63, 3.8) is 0 Å². The maximum absolute atomic E-state index is 12.4. The summed E-state index contributed by atoms with van der Waals surface area (Å²) < 4.78 is 0. The Kier molecular flexibility index (Phi) is 7.48. The second-order valence-corrected chi connectivity index (χ2v) is 6.65. The molecule has 0 radical (unpaired) electrons. The smallest absolute Gasteiger partial charge is 0.245 e. The summed E-state index contributed by atoms with van der Waals surface area (Å²) in [6.45, 7) is 7.94. The minimum Gasteiger partial charge on any atom is -0.346 e. The van der Waals surface area contributed by atoms with Crippen LogP contribution in [0, 0.1) is 5.92 Å². The van der Waals surface area contributed by atoms with Gasteiger partial charge < -0.3 is 21.3 Å². The van der Waals surface area contributed by atoms with Crippen LogP contribution in [0.2, 0.25) is 0 Å². The van der Waals surface area contributed by atoms with E-state index in [1.165, 1.54) is 0 Å². The molecule has 1 rings (SSSR count). The summed E-state index contributed by atoms with van der Waals surface area (Å²) >= 11 is 0. The molecule has 3 atom stereocenters. The molecule has 132 valence electrons. The number of hydrogen-bond acceptors (Lipinski definition) is 4. The van der Waals surface area contributed by atoms with Gasteiger partial charge in [0.05, 0.1) is 12.6 Å². The van der Waals surface area contributed by atoms with Gasteiger partial charge in [0.25, 0.3) is 0 Å². The highest BCUT2D eigenvalue weighted by Gasteiger charge is 2.27. The van der Waals surface area contributed by atoms with E-state index < -0.39 is 12.1 Å². The van der Waals surface area contributed by atoms with Crippen molar-refractivity contribution in [1.29, 1.82) is 0 Å². The number of nitrogens with zero attached hydrogens (tertiary/aromatic N) is 1. The highest BCUT2D eigenvalue weighted by atomic mass is 16.2. The number of carbonyl (C=O) groups is 3. The topological polar surface area (TPSA) is 105 Å². The molecule has 7 heteroatoms. The van der Waals surface area contributed by atoms with Crippen LogP contribution in [0.3, 0.4) is 0 Å². The van der Waals surface area contributed by atoms with Gasteiger partial charge in [-0.2, -0.15) is 0 Å². The number of piperidine rings is 1. The van der Waals surface area contributed by atoms with Gasteiger partial charge in [0, 0.05) is 12.6 Å². The molecular weight excluding hydrogens is 296 g/mol. The fourth-order valence-electron chi connectivity index (χ4n) is 2.62. The molecule has 0 spiro atoms. The van der Waals surface area contributed by atoms with E-state index in [0.29, 0.717) is 0 Å². The van der Waals surface area contributed by atoms with Gasteiger partial charge in [-0.25, -0.2) is 0 Å². The summed E-state index contributed by atoms with van der Waals surface area (Å²) in [7, 11) is 0.